The topological polar surface area (TPSA) is 53.5 Å². The average molecular weight is 729 g/mol. The summed E-state index contributed by atoms with van der Waals surface area (Å²) in [7, 11) is 0. The molecule has 12 aromatic rings. The zero-order valence-corrected chi connectivity index (χ0v) is 30.7. The number of hydrogen-bond acceptors (Lipinski definition) is 3. The van der Waals surface area contributed by atoms with Crippen LogP contribution in [0.4, 0.5) is 0 Å². The summed E-state index contributed by atoms with van der Waals surface area (Å²) in [5.41, 5.74) is 11.4. The second-order valence-electron chi connectivity index (χ2n) is 14.5. The van der Waals surface area contributed by atoms with Gasteiger partial charge in [0.15, 0.2) is 0 Å². The number of para-hydroxylation sites is 2. The molecule has 0 N–H and O–H groups in total. The molecule has 6 heteroatoms. The van der Waals surface area contributed by atoms with Crippen molar-refractivity contribution in [3.05, 3.63) is 195 Å². The predicted molar refractivity (Wildman–Crippen MR) is 234 cm³/mol. The average Bonchev–Trinajstić information content (AvgIpc) is 3.92. The van der Waals surface area contributed by atoms with Gasteiger partial charge < -0.3 is 0 Å². The summed E-state index contributed by atoms with van der Waals surface area (Å²) < 4.78 is 6.80. The predicted octanol–water partition coefficient (Wildman–Crippen LogP) is 12.5. The molecule has 266 valence electrons. The Balaban J connectivity index is 1.05. The van der Waals surface area contributed by atoms with Crippen LogP contribution < -0.4 is 0 Å². The molecule has 0 fully saturated rings. The van der Waals surface area contributed by atoms with Crippen LogP contribution in [-0.4, -0.2) is 28.7 Å². The van der Waals surface area contributed by atoms with E-state index in [0.29, 0.717) is 0 Å². The smallest absolute Gasteiger partial charge is 0.137 e. The Morgan fingerprint density at radius 1 is 0.246 bits per heavy atom. The highest BCUT2D eigenvalue weighted by atomic mass is 15.1. The van der Waals surface area contributed by atoms with Gasteiger partial charge in [-0.25, -0.2) is 15.0 Å². The van der Waals surface area contributed by atoms with Gasteiger partial charge in [0.05, 0.1) is 33.1 Å². The van der Waals surface area contributed by atoms with Crippen LogP contribution >= 0.6 is 0 Å². The van der Waals surface area contributed by atoms with Gasteiger partial charge in [0, 0.05) is 50.9 Å². The molecule has 0 radical (unpaired) electrons. The summed E-state index contributed by atoms with van der Waals surface area (Å²) in [6, 6.07) is 62.7. The first-order valence-corrected chi connectivity index (χ1v) is 19.2. The lowest BCUT2D eigenvalue weighted by Gasteiger charge is -2.08. The van der Waals surface area contributed by atoms with Crippen molar-refractivity contribution in [3.63, 3.8) is 0 Å². The summed E-state index contributed by atoms with van der Waals surface area (Å²) in [5, 5.41) is 7.17. The second-order valence-corrected chi connectivity index (χ2v) is 14.5. The molecule has 0 aliphatic rings. The van der Waals surface area contributed by atoms with Crippen molar-refractivity contribution in [3.8, 4) is 39.7 Å². The van der Waals surface area contributed by atoms with Crippen molar-refractivity contribution in [1.82, 2.24) is 28.7 Å². The van der Waals surface area contributed by atoms with Crippen LogP contribution in [0.3, 0.4) is 0 Å². The molecule has 57 heavy (non-hydrogen) atoms. The van der Waals surface area contributed by atoms with Gasteiger partial charge in [0.1, 0.15) is 17.5 Å². The minimum absolute atomic E-state index is 0.894. The molecule has 6 heterocycles. The number of benzene rings is 6. The fourth-order valence-corrected chi connectivity index (χ4v) is 8.89. The van der Waals surface area contributed by atoms with E-state index in [1.165, 1.54) is 32.3 Å². The van der Waals surface area contributed by atoms with Gasteiger partial charge in [-0.05, 0) is 119 Å². The quantitative estimate of drug-likeness (QED) is 0.177. The molecule has 0 amide bonds. The fourth-order valence-electron chi connectivity index (χ4n) is 8.89. The van der Waals surface area contributed by atoms with Crippen LogP contribution in [0.5, 0.6) is 0 Å². The maximum Gasteiger partial charge on any atom is 0.137 e. The van der Waals surface area contributed by atoms with E-state index in [4.69, 9.17) is 15.0 Å². The Kier molecular flexibility index (Phi) is 6.83. The van der Waals surface area contributed by atoms with E-state index in [1.807, 2.05) is 48.9 Å². The zero-order valence-electron chi connectivity index (χ0n) is 30.7. The van der Waals surface area contributed by atoms with E-state index in [-0.39, 0.29) is 0 Å². The van der Waals surface area contributed by atoms with Crippen molar-refractivity contribution in [2.45, 2.75) is 0 Å². The molecule has 0 aliphatic carbocycles. The van der Waals surface area contributed by atoms with Crippen molar-refractivity contribution in [1.29, 1.82) is 0 Å². The van der Waals surface area contributed by atoms with E-state index in [0.717, 1.165) is 72.8 Å². The van der Waals surface area contributed by atoms with Crippen LogP contribution in [0.25, 0.3) is 105 Å². The fraction of sp³-hybridized carbons (Fsp3) is 0. The molecular formula is C51H32N6. The van der Waals surface area contributed by atoms with Crippen molar-refractivity contribution < 1.29 is 0 Å². The van der Waals surface area contributed by atoms with Gasteiger partial charge in [-0.1, -0.05) is 78.9 Å². The Morgan fingerprint density at radius 2 is 0.526 bits per heavy atom. The summed E-state index contributed by atoms with van der Waals surface area (Å²) in [6.45, 7) is 0. The van der Waals surface area contributed by atoms with E-state index in [1.54, 1.807) is 0 Å². The Labute approximate surface area is 327 Å². The van der Waals surface area contributed by atoms with Gasteiger partial charge in [0.2, 0.25) is 0 Å². The Morgan fingerprint density at radius 3 is 0.842 bits per heavy atom. The molecule has 0 atom stereocenters. The van der Waals surface area contributed by atoms with Crippen LogP contribution in [0.2, 0.25) is 0 Å². The van der Waals surface area contributed by atoms with Gasteiger partial charge in [-0.2, -0.15) is 0 Å². The third-order valence-corrected chi connectivity index (χ3v) is 11.4. The monoisotopic (exact) mass is 728 g/mol. The second kappa shape index (κ2) is 12.3. The molecule has 0 bridgehead atoms. The first-order valence-electron chi connectivity index (χ1n) is 19.2. The van der Waals surface area contributed by atoms with E-state index >= 15 is 0 Å². The van der Waals surface area contributed by atoms with Crippen LogP contribution in [0.15, 0.2) is 195 Å². The van der Waals surface area contributed by atoms with Crippen molar-refractivity contribution >= 4 is 65.4 Å². The van der Waals surface area contributed by atoms with E-state index in [2.05, 4.69) is 159 Å². The van der Waals surface area contributed by atoms with Crippen LogP contribution in [-0.2, 0) is 0 Å². The number of pyridine rings is 3. The Bertz CT molecular complexity index is 3290. The highest BCUT2D eigenvalue weighted by Gasteiger charge is 2.19. The van der Waals surface area contributed by atoms with Gasteiger partial charge in [0.25, 0.3) is 0 Å². The molecule has 0 spiro atoms. The third-order valence-electron chi connectivity index (χ3n) is 11.4. The molecule has 6 aromatic carbocycles. The lowest BCUT2D eigenvalue weighted by Crippen LogP contribution is -1.96. The maximum absolute atomic E-state index is 4.81. The highest BCUT2D eigenvalue weighted by molar-refractivity contribution is 6.14. The van der Waals surface area contributed by atoms with E-state index in [9.17, 15) is 0 Å². The summed E-state index contributed by atoms with van der Waals surface area (Å²) >= 11 is 0. The number of hydrogen-bond donors (Lipinski definition) is 0. The third kappa shape index (κ3) is 4.81. The zero-order chi connectivity index (χ0) is 37.5. The molecule has 12 rings (SSSR count). The summed E-state index contributed by atoms with van der Waals surface area (Å²) in [5.74, 6) is 2.72. The molecule has 0 aliphatic heterocycles. The summed E-state index contributed by atoms with van der Waals surface area (Å²) in [6.07, 6.45) is 5.57. The molecule has 0 saturated carbocycles. The normalized spacial score (nSPS) is 11.9. The number of aromatic nitrogens is 6. The minimum atomic E-state index is 0.894. The molecule has 0 unspecified atom stereocenters. The van der Waals surface area contributed by atoms with Crippen molar-refractivity contribution in [2.24, 2.45) is 0 Å². The first kappa shape index (κ1) is 31.5. The first-order chi connectivity index (χ1) is 28.3. The number of rotatable bonds is 5. The summed E-state index contributed by atoms with van der Waals surface area (Å²) in [4.78, 5) is 14.2. The molecule has 6 nitrogen and oxygen atoms in total. The lowest BCUT2D eigenvalue weighted by atomic mass is 9.98. The molecule has 0 saturated heterocycles. The minimum Gasteiger partial charge on any atom is -0.294 e. The lowest BCUT2D eigenvalue weighted by molar-refractivity contribution is 1.08. The van der Waals surface area contributed by atoms with Gasteiger partial charge >= 0.3 is 0 Å². The highest BCUT2D eigenvalue weighted by Crippen LogP contribution is 2.40. The SMILES string of the molecule is c1ccc(-n2c3ccccc3c3cc(-c4ccc5c(c4)c4cc(-c6ccc7c(c6)c6ccccc6n7-c6ccccn6)ccc4n5-c4ccccn4)ccc32)nc1. The Hall–Kier alpha value is -7.83. The maximum atomic E-state index is 4.81. The van der Waals surface area contributed by atoms with Crippen molar-refractivity contribution in [2.75, 3.05) is 0 Å². The van der Waals surface area contributed by atoms with Crippen LogP contribution in [0.1, 0.15) is 0 Å². The van der Waals surface area contributed by atoms with Crippen LogP contribution in [0, 0.1) is 0 Å². The molecular weight excluding hydrogens is 697 g/mol. The number of nitrogens with zero attached hydrogens (tertiary/aromatic N) is 6. The van der Waals surface area contributed by atoms with Gasteiger partial charge in [-0.15, -0.1) is 0 Å². The largest absolute Gasteiger partial charge is 0.294 e. The van der Waals surface area contributed by atoms with Gasteiger partial charge in [-0.3, -0.25) is 13.7 Å². The number of fused-ring (bicyclic) bond motifs is 9. The molecule has 6 aromatic heterocycles. The standard InChI is InChI=1S/C51H32N6/c1-3-13-43-37(11-1)39-29-33(18-22-45(39)55(43)49-15-5-8-26-52-49)35-20-24-47-41(31-35)42-32-36(21-25-48(42)57(47)51-17-7-10-28-54-51)34-19-23-46-40(30-34)38-12-2-4-14-44(38)56(46)50-16-6-9-27-53-50/h1-32H. The van der Waals surface area contributed by atoms with E-state index < -0.39 is 0 Å².